The van der Waals surface area contributed by atoms with Crippen LogP contribution in [0.25, 0.3) is 0 Å². The fourth-order valence-electron chi connectivity index (χ4n) is 3.08. The molecule has 0 saturated carbocycles. The van der Waals surface area contributed by atoms with Crippen molar-refractivity contribution >= 4 is 0 Å². The van der Waals surface area contributed by atoms with E-state index in [9.17, 15) is 25.5 Å². The summed E-state index contributed by atoms with van der Waals surface area (Å²) in [6, 6.07) is 0. The molecule has 0 bridgehead atoms. The summed E-state index contributed by atoms with van der Waals surface area (Å²) in [7, 11) is 3.04. The molecule has 17 heteroatoms. The van der Waals surface area contributed by atoms with Crippen LogP contribution < -0.4 is 0 Å². The van der Waals surface area contributed by atoms with Crippen molar-refractivity contribution in [3.8, 4) is 24.1 Å². The number of hydrogen-bond acceptors (Lipinski definition) is 17. The number of hydrogen-bond donors (Lipinski definition) is 7. The van der Waals surface area contributed by atoms with E-state index in [2.05, 4.69) is 37.2 Å². The van der Waals surface area contributed by atoms with Crippen LogP contribution in [0.15, 0.2) is 25.3 Å². The van der Waals surface area contributed by atoms with Crippen LogP contribution in [0.2, 0.25) is 0 Å². The average Bonchev–Trinajstić information content (AvgIpc) is 3.13. The minimum atomic E-state index is -0.930. The molecule has 0 radical (unpaired) electrons. The third-order valence-electron chi connectivity index (χ3n) is 5.39. The number of aliphatic hydroxyl groups excluding tert-OH is 7. The van der Waals surface area contributed by atoms with E-state index in [4.69, 9.17) is 57.6 Å². The maximum Gasteiger partial charge on any atom is 0.128 e. The normalized spacial score (nSPS) is 14.4. The molecular formula is C35H68O17. The standard InChI is InChI=1S/C13H24O7.C12H22O5.C10H18O5.2H2/c1-3-4-18-6-12(16)7-19-10-13(9-17-2)20-8-11(15)5-14;1-3-5-15-7-11(13)9-17-10-12(14)8-16-6-4-2;1-3-4-14-6-9(12)7-15-10(5-11)8-13-2;;/h11-16H,5-10H2,1-2H3;3-4,11-14H,1-2,5-10H2;9-12H,5-8H2,1-2H3;2*1H. The highest BCUT2D eigenvalue weighted by atomic mass is 16.6. The summed E-state index contributed by atoms with van der Waals surface area (Å²) in [5, 5.41) is 64.4. The second kappa shape index (κ2) is 43.0. The summed E-state index contributed by atoms with van der Waals surface area (Å²) in [5.41, 5.74) is 0. The first kappa shape index (κ1) is 53.9. The number of aliphatic hydroxyl groups is 7. The first-order chi connectivity index (χ1) is 25.1. The van der Waals surface area contributed by atoms with E-state index in [-0.39, 0.29) is 94.8 Å². The van der Waals surface area contributed by atoms with Gasteiger partial charge in [0.2, 0.25) is 0 Å². The highest BCUT2D eigenvalue weighted by Crippen LogP contribution is 1.99. The zero-order chi connectivity index (χ0) is 39.7. The third kappa shape index (κ3) is 42.0. The Balaban J connectivity index is -0.000000221. The van der Waals surface area contributed by atoms with E-state index in [1.807, 2.05) is 0 Å². The molecule has 0 aliphatic carbocycles. The lowest BCUT2D eigenvalue weighted by Crippen LogP contribution is -2.32. The van der Waals surface area contributed by atoms with Crippen molar-refractivity contribution in [2.24, 2.45) is 0 Å². The van der Waals surface area contributed by atoms with Gasteiger partial charge in [0.05, 0.1) is 92.5 Å². The molecule has 0 aliphatic heterocycles. The molecule has 0 aliphatic rings. The molecule has 0 aromatic carbocycles. The van der Waals surface area contributed by atoms with Gasteiger partial charge in [0, 0.05) is 30.9 Å². The van der Waals surface area contributed by atoms with E-state index in [0.29, 0.717) is 19.8 Å². The number of methoxy groups -OCH3 is 2. The zero-order valence-corrected chi connectivity index (χ0v) is 31.1. The average molecular weight is 761 g/mol. The molecule has 0 fully saturated rings. The van der Waals surface area contributed by atoms with Gasteiger partial charge in [-0.3, -0.25) is 0 Å². The third-order valence-corrected chi connectivity index (χ3v) is 5.39. The molecule has 17 nitrogen and oxygen atoms in total. The molecule has 0 aromatic heterocycles. The quantitative estimate of drug-likeness (QED) is 0.0241. The van der Waals surface area contributed by atoms with Crippen molar-refractivity contribution < 1.29 is 86.0 Å². The van der Waals surface area contributed by atoms with Crippen molar-refractivity contribution in [3.05, 3.63) is 25.3 Å². The van der Waals surface area contributed by atoms with Gasteiger partial charge in [-0.1, -0.05) is 24.0 Å². The highest BCUT2D eigenvalue weighted by Gasteiger charge is 2.14. The molecule has 7 unspecified atom stereocenters. The largest absolute Gasteiger partial charge is 0.444 e. The predicted molar refractivity (Wildman–Crippen MR) is 194 cm³/mol. The Bertz CT molecular complexity index is 880. The smallest absolute Gasteiger partial charge is 0.128 e. The predicted octanol–water partition coefficient (Wildman–Crippen LogP) is -1.26. The van der Waals surface area contributed by atoms with E-state index in [1.165, 1.54) is 14.2 Å². The van der Waals surface area contributed by atoms with E-state index in [0.717, 1.165) is 0 Å². The van der Waals surface area contributed by atoms with E-state index in [1.54, 1.807) is 26.0 Å². The van der Waals surface area contributed by atoms with Crippen molar-refractivity contribution in [2.75, 3.05) is 120 Å². The Kier molecular flexibility index (Phi) is 44.6. The van der Waals surface area contributed by atoms with E-state index >= 15 is 0 Å². The van der Waals surface area contributed by atoms with Crippen LogP contribution in [-0.2, 0) is 47.4 Å². The Labute approximate surface area is 311 Å². The van der Waals surface area contributed by atoms with Crippen LogP contribution in [0.3, 0.4) is 0 Å². The van der Waals surface area contributed by atoms with Crippen LogP contribution >= 0.6 is 0 Å². The monoisotopic (exact) mass is 760 g/mol. The first-order valence-electron chi connectivity index (χ1n) is 16.5. The van der Waals surface area contributed by atoms with Gasteiger partial charge in [0.25, 0.3) is 0 Å². The Morgan fingerprint density at radius 3 is 1.31 bits per heavy atom. The van der Waals surface area contributed by atoms with Crippen LogP contribution in [-0.4, -0.2) is 198 Å². The van der Waals surface area contributed by atoms with Gasteiger partial charge in [-0.2, -0.15) is 0 Å². The SMILES string of the molecule is C=CCOCC(O)COCC(O)COCC=C.CC#COCC(O)COC(CO)COC.CC#COCC(O)COCC(COC)OCC(O)CO.[HH].[HH]. The van der Waals surface area contributed by atoms with E-state index < -0.39 is 36.6 Å². The topological polar surface area (TPSA) is 234 Å². The van der Waals surface area contributed by atoms with Crippen LogP contribution in [0.4, 0.5) is 0 Å². The minimum Gasteiger partial charge on any atom is -0.444 e. The fraction of sp³-hybridized carbons (Fsp3) is 0.771. The molecule has 7 atom stereocenters. The van der Waals surface area contributed by atoms with Gasteiger partial charge in [-0.05, 0) is 0 Å². The summed E-state index contributed by atoms with van der Waals surface area (Å²) < 4.78 is 50.3. The summed E-state index contributed by atoms with van der Waals surface area (Å²) in [5.74, 6) is 5.08. The maximum absolute atomic E-state index is 9.51. The van der Waals surface area contributed by atoms with Gasteiger partial charge in [-0.25, -0.2) is 0 Å². The van der Waals surface area contributed by atoms with Gasteiger partial charge in [-0.15, -0.1) is 13.2 Å². The number of rotatable bonds is 32. The lowest BCUT2D eigenvalue weighted by Gasteiger charge is -2.19. The first-order valence-corrected chi connectivity index (χ1v) is 16.5. The van der Waals surface area contributed by atoms with Gasteiger partial charge >= 0.3 is 0 Å². The molecule has 52 heavy (non-hydrogen) atoms. The summed E-state index contributed by atoms with van der Waals surface area (Å²) >= 11 is 0. The molecule has 0 rings (SSSR count). The molecule has 0 amide bonds. The Morgan fingerprint density at radius 2 is 0.885 bits per heavy atom. The van der Waals surface area contributed by atoms with Gasteiger partial charge < -0.3 is 83.1 Å². The molecule has 0 aromatic rings. The second-order valence-electron chi connectivity index (χ2n) is 10.5. The molecular weight excluding hydrogens is 692 g/mol. The summed E-state index contributed by atoms with van der Waals surface area (Å²) in [6.07, 6.45) is 3.30. The Morgan fingerprint density at radius 1 is 0.500 bits per heavy atom. The van der Waals surface area contributed by atoms with Gasteiger partial charge in [0.1, 0.15) is 68.2 Å². The maximum atomic E-state index is 9.51. The molecule has 0 saturated heterocycles. The second-order valence-corrected chi connectivity index (χ2v) is 10.5. The summed E-state index contributed by atoms with van der Waals surface area (Å²) in [4.78, 5) is 0. The van der Waals surface area contributed by atoms with Crippen LogP contribution in [0, 0.1) is 24.1 Å². The molecule has 310 valence electrons. The van der Waals surface area contributed by atoms with Gasteiger partial charge in [0.15, 0.2) is 0 Å². The van der Waals surface area contributed by atoms with Crippen molar-refractivity contribution in [1.29, 1.82) is 0 Å². The lowest BCUT2D eigenvalue weighted by atomic mass is 10.3. The highest BCUT2D eigenvalue weighted by molar-refractivity contribution is 4.86. The zero-order valence-electron chi connectivity index (χ0n) is 31.1. The number of ether oxygens (including phenoxy) is 10. The van der Waals surface area contributed by atoms with Crippen LogP contribution in [0.1, 0.15) is 16.7 Å². The fourth-order valence-corrected chi connectivity index (χ4v) is 3.08. The summed E-state index contributed by atoms with van der Waals surface area (Å²) in [6.45, 7) is 12.2. The molecule has 0 spiro atoms. The Hall–Kier alpha value is -2.40. The van der Waals surface area contributed by atoms with Crippen molar-refractivity contribution in [1.82, 2.24) is 0 Å². The minimum absolute atomic E-state index is 0. The lowest BCUT2D eigenvalue weighted by molar-refractivity contribution is -0.0924. The van der Waals surface area contributed by atoms with Crippen LogP contribution in [0.5, 0.6) is 0 Å². The molecule has 7 N–H and O–H groups in total. The van der Waals surface area contributed by atoms with Crippen molar-refractivity contribution in [2.45, 2.75) is 56.6 Å². The molecule has 0 heterocycles. The van der Waals surface area contributed by atoms with Crippen molar-refractivity contribution in [3.63, 3.8) is 0 Å².